The lowest BCUT2D eigenvalue weighted by Gasteiger charge is -2.26. The van der Waals surface area contributed by atoms with Crippen LogP contribution in [-0.4, -0.2) is 6.54 Å². The summed E-state index contributed by atoms with van der Waals surface area (Å²) in [4.78, 5) is 0. The Hall–Kier alpha value is -0.760. The van der Waals surface area contributed by atoms with Crippen molar-refractivity contribution in [2.45, 2.75) is 33.2 Å². The Bertz CT molecular complexity index is 301. The molecule has 1 atom stereocenters. The maximum absolute atomic E-state index is 5.65. The lowest BCUT2D eigenvalue weighted by molar-refractivity contribution is 0.365. The summed E-state index contributed by atoms with van der Waals surface area (Å²) in [6.07, 6.45) is 1.03. The molecule has 1 aromatic rings. The van der Waals surface area contributed by atoms with Gasteiger partial charge >= 0.3 is 0 Å². The molecule has 1 aliphatic rings. The Balaban J connectivity index is 2.36. The monoisotopic (exact) mass is 179 g/mol. The van der Waals surface area contributed by atoms with Gasteiger partial charge in [-0.2, -0.15) is 0 Å². The van der Waals surface area contributed by atoms with Crippen molar-refractivity contribution < 1.29 is 4.42 Å². The van der Waals surface area contributed by atoms with Crippen LogP contribution in [0.15, 0.2) is 10.5 Å². The van der Waals surface area contributed by atoms with Crippen LogP contribution in [0.5, 0.6) is 0 Å². The average molecular weight is 179 g/mol. The minimum absolute atomic E-state index is 0.487. The summed E-state index contributed by atoms with van der Waals surface area (Å²) in [7, 11) is 0. The van der Waals surface area contributed by atoms with Crippen LogP contribution in [0.1, 0.15) is 37.0 Å². The van der Waals surface area contributed by atoms with Crippen molar-refractivity contribution in [2.24, 2.45) is 5.92 Å². The van der Waals surface area contributed by atoms with Crippen LogP contribution >= 0.6 is 0 Å². The van der Waals surface area contributed by atoms with Gasteiger partial charge in [-0.3, -0.25) is 0 Å². The highest BCUT2D eigenvalue weighted by Crippen LogP contribution is 2.30. The van der Waals surface area contributed by atoms with Crippen LogP contribution in [-0.2, 0) is 6.42 Å². The third kappa shape index (κ3) is 1.51. The van der Waals surface area contributed by atoms with Gasteiger partial charge in [0.05, 0.1) is 0 Å². The molecule has 0 bridgehead atoms. The minimum Gasteiger partial charge on any atom is -0.466 e. The largest absolute Gasteiger partial charge is 0.466 e. The van der Waals surface area contributed by atoms with Gasteiger partial charge in [-0.05, 0) is 18.9 Å². The van der Waals surface area contributed by atoms with Gasteiger partial charge in [0.2, 0.25) is 0 Å². The van der Waals surface area contributed by atoms with Crippen LogP contribution < -0.4 is 5.32 Å². The highest BCUT2D eigenvalue weighted by Gasteiger charge is 2.25. The van der Waals surface area contributed by atoms with E-state index in [0.29, 0.717) is 12.0 Å². The predicted molar refractivity (Wildman–Crippen MR) is 52.7 cm³/mol. The Morgan fingerprint density at radius 3 is 3.00 bits per heavy atom. The van der Waals surface area contributed by atoms with Crippen molar-refractivity contribution in [3.05, 3.63) is 23.2 Å². The Kier molecular flexibility index (Phi) is 2.16. The van der Waals surface area contributed by atoms with Gasteiger partial charge in [0, 0.05) is 24.6 Å². The molecule has 2 heterocycles. The van der Waals surface area contributed by atoms with Gasteiger partial charge in [-0.1, -0.05) is 13.8 Å². The maximum Gasteiger partial charge on any atom is 0.110 e. The molecule has 0 aromatic carbocycles. The fraction of sp³-hybridized carbons (Fsp3) is 0.636. The van der Waals surface area contributed by atoms with Crippen LogP contribution in [0, 0.1) is 12.8 Å². The zero-order valence-electron chi connectivity index (χ0n) is 8.55. The second-order valence-electron chi connectivity index (χ2n) is 4.16. The number of hydrogen-bond donors (Lipinski definition) is 1. The molecule has 1 N–H and O–H groups in total. The fourth-order valence-electron chi connectivity index (χ4n) is 2.09. The van der Waals surface area contributed by atoms with Crippen molar-refractivity contribution in [2.75, 3.05) is 6.54 Å². The molecule has 1 unspecified atom stereocenters. The molecule has 0 spiro atoms. The normalized spacial score (nSPS) is 22.0. The Morgan fingerprint density at radius 1 is 1.54 bits per heavy atom. The lowest BCUT2D eigenvalue weighted by atomic mass is 9.92. The first-order valence-corrected chi connectivity index (χ1v) is 5.01. The zero-order chi connectivity index (χ0) is 9.42. The van der Waals surface area contributed by atoms with E-state index in [1.54, 1.807) is 0 Å². The second kappa shape index (κ2) is 3.18. The summed E-state index contributed by atoms with van der Waals surface area (Å²) >= 11 is 0. The smallest absolute Gasteiger partial charge is 0.110 e. The van der Waals surface area contributed by atoms with Crippen LogP contribution in [0.2, 0.25) is 0 Å². The second-order valence-corrected chi connectivity index (χ2v) is 4.16. The molecule has 72 valence electrons. The van der Waals surface area contributed by atoms with Crippen molar-refractivity contribution in [3.63, 3.8) is 0 Å². The van der Waals surface area contributed by atoms with E-state index in [9.17, 15) is 0 Å². The number of nitrogens with one attached hydrogen (secondary N) is 1. The van der Waals surface area contributed by atoms with E-state index in [0.717, 1.165) is 18.7 Å². The molecule has 2 nitrogen and oxygen atoms in total. The number of rotatable bonds is 1. The van der Waals surface area contributed by atoms with E-state index in [-0.39, 0.29) is 0 Å². The van der Waals surface area contributed by atoms with E-state index in [1.165, 1.54) is 11.3 Å². The third-order valence-electron chi connectivity index (χ3n) is 2.68. The number of furan rings is 1. The first-order chi connectivity index (χ1) is 6.18. The van der Waals surface area contributed by atoms with E-state index < -0.39 is 0 Å². The SMILES string of the molecule is Cc1cc2c(o1)CCNC2C(C)C. The fourth-order valence-corrected chi connectivity index (χ4v) is 2.09. The average Bonchev–Trinajstić information content (AvgIpc) is 2.43. The molecule has 2 rings (SSSR count). The number of fused-ring (bicyclic) bond motifs is 1. The first kappa shape index (κ1) is 8.82. The molecule has 13 heavy (non-hydrogen) atoms. The molecule has 0 saturated carbocycles. The molecule has 2 heteroatoms. The van der Waals surface area contributed by atoms with Crippen molar-refractivity contribution in [3.8, 4) is 0 Å². The van der Waals surface area contributed by atoms with E-state index in [4.69, 9.17) is 4.42 Å². The summed E-state index contributed by atoms with van der Waals surface area (Å²) in [5, 5.41) is 3.53. The summed E-state index contributed by atoms with van der Waals surface area (Å²) in [6.45, 7) is 7.56. The summed E-state index contributed by atoms with van der Waals surface area (Å²) in [6, 6.07) is 2.66. The van der Waals surface area contributed by atoms with Crippen molar-refractivity contribution >= 4 is 0 Å². The molecule has 0 amide bonds. The lowest BCUT2D eigenvalue weighted by Crippen LogP contribution is -2.32. The molecule has 0 saturated heterocycles. The third-order valence-corrected chi connectivity index (χ3v) is 2.68. The number of aryl methyl sites for hydroxylation is 1. The predicted octanol–water partition coefficient (Wildman–Crippen LogP) is 2.43. The first-order valence-electron chi connectivity index (χ1n) is 5.01. The molecular weight excluding hydrogens is 162 g/mol. The zero-order valence-corrected chi connectivity index (χ0v) is 8.55. The van der Waals surface area contributed by atoms with Gasteiger partial charge < -0.3 is 9.73 Å². The van der Waals surface area contributed by atoms with Crippen molar-refractivity contribution in [1.29, 1.82) is 0 Å². The van der Waals surface area contributed by atoms with Gasteiger partial charge in [0.25, 0.3) is 0 Å². The van der Waals surface area contributed by atoms with Gasteiger partial charge in [-0.15, -0.1) is 0 Å². The summed E-state index contributed by atoms with van der Waals surface area (Å²) in [5.41, 5.74) is 1.37. The van der Waals surface area contributed by atoms with E-state index in [1.807, 2.05) is 6.92 Å². The van der Waals surface area contributed by atoms with E-state index in [2.05, 4.69) is 25.2 Å². The number of hydrogen-bond acceptors (Lipinski definition) is 2. The summed E-state index contributed by atoms with van der Waals surface area (Å²) < 4.78 is 5.65. The molecule has 1 aliphatic heterocycles. The molecule has 0 fully saturated rings. The molecule has 0 radical (unpaired) electrons. The Morgan fingerprint density at radius 2 is 2.31 bits per heavy atom. The topological polar surface area (TPSA) is 25.2 Å². The molecular formula is C11H17NO. The minimum atomic E-state index is 0.487. The quantitative estimate of drug-likeness (QED) is 0.716. The molecule has 0 aliphatic carbocycles. The van der Waals surface area contributed by atoms with E-state index >= 15 is 0 Å². The maximum atomic E-state index is 5.65. The highest BCUT2D eigenvalue weighted by atomic mass is 16.3. The van der Waals surface area contributed by atoms with Crippen LogP contribution in [0.4, 0.5) is 0 Å². The molecule has 1 aromatic heterocycles. The summed E-state index contributed by atoms with van der Waals surface area (Å²) in [5.74, 6) is 2.87. The van der Waals surface area contributed by atoms with Crippen LogP contribution in [0.25, 0.3) is 0 Å². The van der Waals surface area contributed by atoms with Crippen LogP contribution in [0.3, 0.4) is 0 Å². The van der Waals surface area contributed by atoms with Gasteiger partial charge in [0.15, 0.2) is 0 Å². The Labute approximate surface area is 79.3 Å². The van der Waals surface area contributed by atoms with Gasteiger partial charge in [0.1, 0.15) is 11.5 Å². The van der Waals surface area contributed by atoms with Crippen molar-refractivity contribution in [1.82, 2.24) is 5.32 Å². The van der Waals surface area contributed by atoms with Gasteiger partial charge in [-0.25, -0.2) is 0 Å². The highest BCUT2D eigenvalue weighted by molar-refractivity contribution is 5.27. The standard InChI is InChI=1S/C11H17NO/c1-7(2)11-9-6-8(3)13-10(9)4-5-12-11/h6-7,11-12H,4-5H2,1-3H3.